The minimum absolute atomic E-state index is 0.0737. The molecule has 0 saturated carbocycles. The van der Waals surface area contributed by atoms with E-state index in [1.807, 2.05) is 0 Å². The quantitative estimate of drug-likeness (QED) is 0.383. The lowest BCUT2D eigenvalue weighted by Gasteiger charge is -2.12. The molecule has 0 radical (unpaired) electrons. The molecule has 2 aromatic rings. The summed E-state index contributed by atoms with van der Waals surface area (Å²) in [6, 6.07) is 7.71. The Bertz CT molecular complexity index is 880. The number of nitrogens with one attached hydrogen (secondary N) is 1. The van der Waals surface area contributed by atoms with Gasteiger partial charge in [-0.3, -0.25) is 19.7 Å². The lowest BCUT2D eigenvalue weighted by Crippen LogP contribution is -2.16. The molecule has 0 aliphatic heterocycles. The van der Waals surface area contributed by atoms with E-state index in [2.05, 4.69) is 5.32 Å². The first-order valence-electron chi connectivity index (χ1n) is 7.04. The molecule has 2 aromatic carbocycles. The minimum Gasteiger partial charge on any atom is -0.426 e. The van der Waals surface area contributed by atoms with E-state index < -0.39 is 34.2 Å². The van der Waals surface area contributed by atoms with Crippen LogP contribution in [0.5, 0.6) is 5.75 Å². The molecule has 2 rings (SSSR count). The molecule has 0 bridgehead atoms. The first kappa shape index (κ1) is 18.9. The van der Waals surface area contributed by atoms with Crippen LogP contribution >= 0.6 is 0 Å². The Morgan fingerprint density at radius 3 is 2.38 bits per heavy atom. The molecule has 1 amide bonds. The molecule has 0 heterocycles. The van der Waals surface area contributed by atoms with Crippen molar-refractivity contribution in [2.45, 2.75) is 13.1 Å². The van der Waals surface area contributed by atoms with Crippen LogP contribution in [-0.4, -0.2) is 16.8 Å². The van der Waals surface area contributed by atoms with Crippen LogP contribution in [0.1, 0.15) is 22.8 Å². The van der Waals surface area contributed by atoms with Crippen molar-refractivity contribution >= 4 is 23.3 Å². The number of hydrogen-bond acceptors (Lipinski definition) is 5. The highest BCUT2D eigenvalue weighted by Gasteiger charge is 2.38. The lowest BCUT2D eigenvalue weighted by atomic mass is 10.1. The number of carbonyl (C=O) groups is 2. The summed E-state index contributed by atoms with van der Waals surface area (Å²) in [4.78, 5) is 32.9. The van der Waals surface area contributed by atoms with Crippen molar-refractivity contribution in [2.24, 2.45) is 0 Å². The number of alkyl halides is 3. The number of nitro groups is 1. The Morgan fingerprint density at radius 1 is 1.15 bits per heavy atom. The molecule has 26 heavy (non-hydrogen) atoms. The monoisotopic (exact) mass is 368 g/mol. The van der Waals surface area contributed by atoms with Gasteiger partial charge in [0.1, 0.15) is 11.3 Å². The molecule has 136 valence electrons. The third kappa shape index (κ3) is 4.35. The number of carbonyl (C=O) groups excluding carboxylic acids is 2. The number of esters is 1. The fraction of sp³-hybridized carbons (Fsp3) is 0.125. The van der Waals surface area contributed by atoms with Crippen LogP contribution in [0, 0.1) is 10.1 Å². The molecule has 0 aliphatic rings. The Balaban J connectivity index is 2.36. The van der Waals surface area contributed by atoms with Gasteiger partial charge in [0.2, 0.25) is 0 Å². The Kier molecular flexibility index (Phi) is 5.24. The van der Waals surface area contributed by atoms with Crippen LogP contribution in [0.3, 0.4) is 0 Å². The molecule has 1 N–H and O–H groups in total. The Morgan fingerprint density at radius 2 is 1.81 bits per heavy atom. The average molecular weight is 368 g/mol. The maximum Gasteiger partial charge on any atom is 0.423 e. The summed E-state index contributed by atoms with van der Waals surface area (Å²) in [6.07, 6.45) is -4.97. The van der Waals surface area contributed by atoms with Crippen molar-refractivity contribution < 1.29 is 32.4 Å². The van der Waals surface area contributed by atoms with Crippen LogP contribution in [-0.2, 0) is 11.0 Å². The second kappa shape index (κ2) is 7.21. The van der Waals surface area contributed by atoms with E-state index in [-0.39, 0.29) is 17.0 Å². The van der Waals surface area contributed by atoms with Gasteiger partial charge in [0, 0.05) is 18.7 Å². The summed E-state index contributed by atoms with van der Waals surface area (Å²) in [5.41, 5.74) is -3.01. The van der Waals surface area contributed by atoms with Crippen LogP contribution < -0.4 is 10.1 Å². The highest BCUT2D eigenvalue weighted by molar-refractivity contribution is 6.06. The van der Waals surface area contributed by atoms with E-state index >= 15 is 0 Å². The topological polar surface area (TPSA) is 98.5 Å². The predicted molar refractivity (Wildman–Crippen MR) is 83.8 cm³/mol. The third-order valence-corrected chi connectivity index (χ3v) is 3.14. The summed E-state index contributed by atoms with van der Waals surface area (Å²) >= 11 is 0. The molecule has 0 aliphatic carbocycles. The predicted octanol–water partition coefficient (Wildman–Crippen LogP) is 3.79. The van der Waals surface area contributed by atoms with Gasteiger partial charge in [-0.25, -0.2) is 0 Å². The largest absolute Gasteiger partial charge is 0.426 e. The van der Waals surface area contributed by atoms with E-state index in [0.717, 1.165) is 13.0 Å². The maximum atomic E-state index is 13.0. The number of rotatable bonds is 4. The molecule has 10 heteroatoms. The molecule has 0 aromatic heterocycles. The third-order valence-electron chi connectivity index (χ3n) is 3.14. The van der Waals surface area contributed by atoms with E-state index in [9.17, 15) is 32.9 Å². The van der Waals surface area contributed by atoms with Gasteiger partial charge in [0.05, 0.1) is 10.5 Å². The van der Waals surface area contributed by atoms with E-state index in [1.54, 1.807) is 0 Å². The lowest BCUT2D eigenvalue weighted by molar-refractivity contribution is -0.388. The van der Waals surface area contributed by atoms with Crippen LogP contribution in [0.2, 0.25) is 0 Å². The number of ether oxygens (including phenoxy) is 1. The SMILES string of the molecule is CC(=O)Oc1ccccc1C(=O)Nc1ccc([N+](=O)[O-])c(C(F)(F)F)c1. The first-order valence-corrected chi connectivity index (χ1v) is 7.04. The highest BCUT2D eigenvalue weighted by Crippen LogP contribution is 2.37. The molecule has 7 nitrogen and oxygen atoms in total. The number of anilines is 1. The number of halogens is 3. The summed E-state index contributed by atoms with van der Waals surface area (Å²) in [5, 5.41) is 12.9. The van der Waals surface area contributed by atoms with Gasteiger partial charge in [0.25, 0.3) is 11.6 Å². The number of para-hydroxylation sites is 1. The van der Waals surface area contributed by atoms with Gasteiger partial charge < -0.3 is 10.1 Å². The van der Waals surface area contributed by atoms with Crippen molar-refractivity contribution in [2.75, 3.05) is 5.32 Å². The molecular formula is C16H11F3N2O5. The zero-order chi connectivity index (χ0) is 19.5. The standard InChI is InChI=1S/C16H11F3N2O5/c1-9(22)26-14-5-3-2-4-11(14)15(23)20-10-6-7-13(21(24)25)12(8-10)16(17,18)19/h2-8H,1H3,(H,20,23). The van der Waals surface area contributed by atoms with Gasteiger partial charge in [0.15, 0.2) is 0 Å². The smallest absolute Gasteiger partial charge is 0.423 e. The molecule has 0 unspecified atom stereocenters. The Labute approximate surface area is 144 Å². The number of nitro benzene ring substituents is 1. The summed E-state index contributed by atoms with van der Waals surface area (Å²) < 4.78 is 43.8. The molecular weight excluding hydrogens is 357 g/mol. The molecule has 0 saturated heterocycles. The average Bonchev–Trinajstić information content (AvgIpc) is 2.53. The number of amides is 1. The second-order valence-electron chi connectivity index (χ2n) is 5.03. The van der Waals surface area contributed by atoms with Gasteiger partial charge in [-0.2, -0.15) is 13.2 Å². The van der Waals surface area contributed by atoms with Gasteiger partial charge in [-0.1, -0.05) is 12.1 Å². The fourth-order valence-corrected chi connectivity index (χ4v) is 2.10. The molecule has 0 atom stereocenters. The van der Waals surface area contributed by atoms with Crippen molar-refractivity contribution in [1.82, 2.24) is 0 Å². The zero-order valence-electron chi connectivity index (χ0n) is 13.2. The van der Waals surface area contributed by atoms with Crippen molar-refractivity contribution in [3.63, 3.8) is 0 Å². The van der Waals surface area contributed by atoms with E-state index in [0.29, 0.717) is 12.1 Å². The summed E-state index contributed by atoms with van der Waals surface area (Å²) in [5.74, 6) is -1.60. The number of benzene rings is 2. The van der Waals surface area contributed by atoms with Crippen LogP contribution in [0.25, 0.3) is 0 Å². The van der Waals surface area contributed by atoms with Gasteiger partial charge in [-0.15, -0.1) is 0 Å². The van der Waals surface area contributed by atoms with Crippen molar-refractivity contribution in [3.8, 4) is 5.75 Å². The van der Waals surface area contributed by atoms with E-state index in [4.69, 9.17) is 4.74 Å². The maximum absolute atomic E-state index is 13.0. The Hall–Kier alpha value is -3.43. The van der Waals surface area contributed by atoms with Gasteiger partial charge >= 0.3 is 12.1 Å². The second-order valence-corrected chi connectivity index (χ2v) is 5.03. The normalized spacial score (nSPS) is 10.9. The molecule has 0 spiro atoms. The van der Waals surface area contributed by atoms with Crippen LogP contribution in [0.4, 0.5) is 24.5 Å². The summed E-state index contributed by atoms with van der Waals surface area (Å²) in [6.45, 7) is 1.13. The van der Waals surface area contributed by atoms with Crippen LogP contribution in [0.15, 0.2) is 42.5 Å². The first-order chi connectivity index (χ1) is 12.1. The zero-order valence-corrected chi connectivity index (χ0v) is 13.2. The molecule has 0 fully saturated rings. The summed E-state index contributed by atoms with van der Waals surface area (Å²) in [7, 11) is 0. The highest BCUT2D eigenvalue weighted by atomic mass is 19.4. The van der Waals surface area contributed by atoms with Crippen molar-refractivity contribution in [1.29, 1.82) is 0 Å². The number of hydrogen-bond donors (Lipinski definition) is 1. The minimum atomic E-state index is -4.97. The number of nitrogens with zero attached hydrogens (tertiary/aromatic N) is 1. The van der Waals surface area contributed by atoms with E-state index in [1.165, 1.54) is 24.3 Å². The fourth-order valence-electron chi connectivity index (χ4n) is 2.10. The van der Waals surface area contributed by atoms with Crippen molar-refractivity contribution in [3.05, 3.63) is 63.7 Å². The van der Waals surface area contributed by atoms with Gasteiger partial charge in [-0.05, 0) is 24.3 Å².